The molecule has 7 heteroatoms. The Bertz CT molecular complexity index is 884. The van der Waals surface area contributed by atoms with Gasteiger partial charge in [0.1, 0.15) is 5.75 Å². The van der Waals surface area contributed by atoms with Crippen molar-refractivity contribution in [1.82, 2.24) is 0 Å². The number of carbonyl (C=O) groups excluding carboxylic acids is 2. The standard InChI is InChI=1S/C21H23BrN2O4/c1-13(2)28-12-15-9-16(7-8-19(15)25)23-21(27)14-10-20(26)24(11-14)18-6-4-3-5-17(18)22/h3-9,13-14,25H,10-12H2,1-2H3,(H,23,27)/t14-/m0/s1. The number of phenolic OH excluding ortho intramolecular Hbond substituents is 1. The van der Waals surface area contributed by atoms with Crippen LogP contribution in [0.4, 0.5) is 11.4 Å². The summed E-state index contributed by atoms with van der Waals surface area (Å²) in [7, 11) is 0. The van der Waals surface area contributed by atoms with Crippen LogP contribution in [0.15, 0.2) is 46.9 Å². The van der Waals surface area contributed by atoms with Gasteiger partial charge in [-0.2, -0.15) is 0 Å². The summed E-state index contributed by atoms with van der Waals surface area (Å²) in [5.74, 6) is -0.619. The zero-order valence-electron chi connectivity index (χ0n) is 15.8. The zero-order valence-corrected chi connectivity index (χ0v) is 17.4. The molecule has 1 fully saturated rings. The number of ether oxygens (including phenoxy) is 1. The van der Waals surface area contributed by atoms with E-state index in [1.54, 1.807) is 17.0 Å². The number of aromatic hydroxyl groups is 1. The maximum Gasteiger partial charge on any atom is 0.229 e. The summed E-state index contributed by atoms with van der Waals surface area (Å²) in [5.41, 5.74) is 1.93. The molecule has 0 saturated carbocycles. The lowest BCUT2D eigenvalue weighted by atomic mass is 10.1. The normalized spacial score (nSPS) is 16.6. The van der Waals surface area contributed by atoms with E-state index in [0.29, 0.717) is 17.8 Å². The van der Waals surface area contributed by atoms with Crippen molar-refractivity contribution in [3.05, 3.63) is 52.5 Å². The van der Waals surface area contributed by atoms with Crippen LogP contribution in [0.3, 0.4) is 0 Å². The summed E-state index contributed by atoms with van der Waals surface area (Å²) < 4.78 is 6.35. The molecule has 0 spiro atoms. The van der Waals surface area contributed by atoms with Crippen LogP contribution in [0.2, 0.25) is 0 Å². The van der Waals surface area contributed by atoms with Gasteiger partial charge in [-0.3, -0.25) is 9.59 Å². The second-order valence-electron chi connectivity index (χ2n) is 7.05. The van der Waals surface area contributed by atoms with E-state index in [4.69, 9.17) is 4.74 Å². The van der Waals surface area contributed by atoms with Crippen molar-refractivity contribution in [3.8, 4) is 5.75 Å². The van der Waals surface area contributed by atoms with Gasteiger partial charge in [0.2, 0.25) is 11.8 Å². The van der Waals surface area contributed by atoms with E-state index >= 15 is 0 Å². The first-order valence-electron chi connectivity index (χ1n) is 9.14. The zero-order chi connectivity index (χ0) is 20.3. The van der Waals surface area contributed by atoms with Gasteiger partial charge in [-0.15, -0.1) is 0 Å². The largest absolute Gasteiger partial charge is 0.508 e. The maximum atomic E-state index is 12.7. The Morgan fingerprint density at radius 3 is 2.79 bits per heavy atom. The van der Waals surface area contributed by atoms with Crippen molar-refractivity contribution in [3.63, 3.8) is 0 Å². The Balaban J connectivity index is 1.68. The molecule has 1 aliphatic heterocycles. The molecule has 0 aromatic heterocycles. The van der Waals surface area contributed by atoms with Crippen molar-refractivity contribution < 1.29 is 19.4 Å². The third kappa shape index (κ3) is 4.72. The molecule has 6 nitrogen and oxygen atoms in total. The van der Waals surface area contributed by atoms with Gasteiger partial charge >= 0.3 is 0 Å². The van der Waals surface area contributed by atoms with Crippen molar-refractivity contribution in [2.75, 3.05) is 16.8 Å². The molecule has 2 amide bonds. The van der Waals surface area contributed by atoms with Crippen LogP contribution in [0.25, 0.3) is 0 Å². The molecular formula is C21H23BrN2O4. The fourth-order valence-electron chi connectivity index (χ4n) is 3.07. The predicted octanol–water partition coefficient (Wildman–Crippen LogP) is 4.07. The Morgan fingerprint density at radius 2 is 2.07 bits per heavy atom. The summed E-state index contributed by atoms with van der Waals surface area (Å²) in [6.45, 7) is 4.41. The number of nitrogens with one attached hydrogen (secondary N) is 1. The highest BCUT2D eigenvalue weighted by molar-refractivity contribution is 9.10. The number of rotatable bonds is 6. The third-order valence-electron chi connectivity index (χ3n) is 4.56. The SMILES string of the molecule is CC(C)OCc1cc(NC(=O)[C@H]2CC(=O)N(c3ccccc3Br)C2)ccc1O. The second kappa shape index (κ2) is 8.75. The Kier molecular flexibility index (Phi) is 6.36. The smallest absolute Gasteiger partial charge is 0.229 e. The van der Waals surface area contributed by atoms with E-state index in [0.717, 1.165) is 10.2 Å². The molecule has 1 heterocycles. The average Bonchev–Trinajstić information content (AvgIpc) is 3.04. The lowest BCUT2D eigenvalue weighted by Crippen LogP contribution is -2.28. The van der Waals surface area contributed by atoms with Crippen LogP contribution in [0.1, 0.15) is 25.8 Å². The summed E-state index contributed by atoms with van der Waals surface area (Å²) in [5, 5.41) is 12.8. The fourth-order valence-corrected chi connectivity index (χ4v) is 3.57. The Hall–Kier alpha value is -2.38. The maximum absolute atomic E-state index is 12.7. The van der Waals surface area contributed by atoms with E-state index in [1.807, 2.05) is 38.1 Å². The van der Waals surface area contributed by atoms with Crippen LogP contribution in [0.5, 0.6) is 5.75 Å². The predicted molar refractivity (Wildman–Crippen MR) is 111 cm³/mol. The summed E-state index contributed by atoms with van der Waals surface area (Å²) >= 11 is 3.45. The van der Waals surface area contributed by atoms with E-state index in [9.17, 15) is 14.7 Å². The molecule has 1 aliphatic rings. The van der Waals surface area contributed by atoms with E-state index in [1.165, 1.54) is 6.07 Å². The monoisotopic (exact) mass is 446 g/mol. The molecule has 0 aliphatic carbocycles. The van der Waals surface area contributed by atoms with Crippen molar-refractivity contribution >= 4 is 39.1 Å². The molecule has 3 rings (SSSR count). The molecule has 2 aromatic carbocycles. The quantitative estimate of drug-likeness (QED) is 0.655. The van der Waals surface area contributed by atoms with E-state index < -0.39 is 5.92 Å². The third-order valence-corrected chi connectivity index (χ3v) is 5.23. The summed E-state index contributed by atoms with van der Waals surface area (Å²) in [6, 6.07) is 12.3. The average molecular weight is 447 g/mol. The Labute approximate surface area is 172 Å². The number of carbonyl (C=O) groups is 2. The Morgan fingerprint density at radius 1 is 1.32 bits per heavy atom. The molecule has 2 aromatic rings. The minimum absolute atomic E-state index is 0.0328. The molecule has 0 radical (unpaired) electrons. The van der Waals surface area contributed by atoms with Crippen LogP contribution in [-0.4, -0.2) is 29.6 Å². The number of para-hydroxylation sites is 1. The number of benzene rings is 2. The lowest BCUT2D eigenvalue weighted by molar-refractivity contribution is -0.122. The molecule has 28 heavy (non-hydrogen) atoms. The first-order valence-corrected chi connectivity index (χ1v) is 9.93. The van der Waals surface area contributed by atoms with Crippen LogP contribution in [-0.2, 0) is 20.9 Å². The van der Waals surface area contributed by atoms with E-state index in [2.05, 4.69) is 21.2 Å². The van der Waals surface area contributed by atoms with Crippen LogP contribution >= 0.6 is 15.9 Å². The van der Waals surface area contributed by atoms with Gasteiger partial charge in [0, 0.05) is 28.7 Å². The highest BCUT2D eigenvalue weighted by Gasteiger charge is 2.35. The molecular weight excluding hydrogens is 424 g/mol. The molecule has 148 valence electrons. The van der Waals surface area contributed by atoms with Gasteiger partial charge in [-0.05, 0) is 60.1 Å². The lowest BCUT2D eigenvalue weighted by Gasteiger charge is -2.18. The van der Waals surface area contributed by atoms with Crippen molar-refractivity contribution in [2.45, 2.75) is 33.0 Å². The second-order valence-corrected chi connectivity index (χ2v) is 7.90. The number of hydrogen-bond donors (Lipinski definition) is 2. The topological polar surface area (TPSA) is 78.9 Å². The van der Waals surface area contributed by atoms with Gasteiger partial charge in [-0.25, -0.2) is 0 Å². The van der Waals surface area contributed by atoms with Crippen LogP contribution in [0, 0.1) is 5.92 Å². The number of amides is 2. The van der Waals surface area contributed by atoms with Gasteiger partial charge in [0.25, 0.3) is 0 Å². The number of hydrogen-bond acceptors (Lipinski definition) is 4. The molecule has 0 bridgehead atoms. The first-order chi connectivity index (χ1) is 13.3. The number of halogens is 1. The molecule has 2 N–H and O–H groups in total. The van der Waals surface area contributed by atoms with Gasteiger partial charge in [-0.1, -0.05) is 12.1 Å². The van der Waals surface area contributed by atoms with Crippen molar-refractivity contribution in [1.29, 1.82) is 0 Å². The van der Waals surface area contributed by atoms with E-state index in [-0.39, 0.29) is 36.7 Å². The first kappa shape index (κ1) is 20.4. The fraction of sp³-hybridized carbons (Fsp3) is 0.333. The highest BCUT2D eigenvalue weighted by atomic mass is 79.9. The summed E-state index contributed by atoms with van der Waals surface area (Å²) in [6.07, 6.45) is 0.194. The van der Waals surface area contributed by atoms with Crippen molar-refractivity contribution in [2.24, 2.45) is 5.92 Å². The minimum Gasteiger partial charge on any atom is -0.508 e. The van der Waals surface area contributed by atoms with Crippen LogP contribution < -0.4 is 10.2 Å². The summed E-state index contributed by atoms with van der Waals surface area (Å²) in [4.78, 5) is 26.7. The molecule has 1 atom stereocenters. The minimum atomic E-state index is -0.441. The van der Waals surface area contributed by atoms with Gasteiger partial charge < -0.3 is 20.1 Å². The van der Waals surface area contributed by atoms with Gasteiger partial charge in [0.15, 0.2) is 0 Å². The highest BCUT2D eigenvalue weighted by Crippen LogP contribution is 2.32. The number of phenols is 1. The molecule has 0 unspecified atom stereocenters. The number of nitrogens with zero attached hydrogens (tertiary/aromatic N) is 1. The van der Waals surface area contributed by atoms with Gasteiger partial charge in [0.05, 0.1) is 24.3 Å². The molecule has 1 saturated heterocycles. The number of anilines is 2.